The molecular formula is C10H16Cl2N2. The molecule has 0 aliphatic heterocycles. The SMILES string of the molecule is CC(C)(N)CNc1cccc(Cl)c1.Cl. The molecule has 0 saturated carbocycles. The van der Waals surface area contributed by atoms with Crippen molar-refractivity contribution >= 4 is 29.7 Å². The Labute approximate surface area is 96.2 Å². The Morgan fingerprint density at radius 1 is 1.43 bits per heavy atom. The second kappa shape index (κ2) is 5.44. The van der Waals surface area contributed by atoms with Crippen LogP contribution in [0.5, 0.6) is 0 Å². The zero-order valence-corrected chi connectivity index (χ0v) is 9.95. The minimum absolute atomic E-state index is 0. The van der Waals surface area contributed by atoms with E-state index < -0.39 is 0 Å². The second-order valence-electron chi connectivity index (χ2n) is 3.85. The van der Waals surface area contributed by atoms with Gasteiger partial charge in [-0.2, -0.15) is 0 Å². The summed E-state index contributed by atoms with van der Waals surface area (Å²) >= 11 is 5.82. The van der Waals surface area contributed by atoms with Crippen molar-refractivity contribution in [3.8, 4) is 0 Å². The van der Waals surface area contributed by atoms with Gasteiger partial charge in [-0.15, -0.1) is 12.4 Å². The number of nitrogens with two attached hydrogens (primary N) is 1. The van der Waals surface area contributed by atoms with Gasteiger partial charge in [0.05, 0.1) is 0 Å². The summed E-state index contributed by atoms with van der Waals surface area (Å²) < 4.78 is 0. The molecular weight excluding hydrogens is 219 g/mol. The van der Waals surface area contributed by atoms with Crippen LogP contribution in [0.15, 0.2) is 24.3 Å². The van der Waals surface area contributed by atoms with Gasteiger partial charge in [0.1, 0.15) is 0 Å². The van der Waals surface area contributed by atoms with Gasteiger partial charge in [0.25, 0.3) is 0 Å². The van der Waals surface area contributed by atoms with Crippen LogP contribution in [0.2, 0.25) is 5.02 Å². The number of rotatable bonds is 3. The molecule has 0 amide bonds. The molecule has 80 valence electrons. The highest BCUT2D eigenvalue weighted by molar-refractivity contribution is 6.30. The summed E-state index contributed by atoms with van der Waals surface area (Å²) in [5.74, 6) is 0. The minimum atomic E-state index is -0.206. The van der Waals surface area contributed by atoms with Crippen LogP contribution in [0.3, 0.4) is 0 Å². The average molecular weight is 235 g/mol. The molecule has 1 aromatic rings. The number of hydrogen-bond donors (Lipinski definition) is 2. The highest BCUT2D eigenvalue weighted by Crippen LogP contribution is 2.15. The van der Waals surface area contributed by atoms with Crippen molar-refractivity contribution in [3.63, 3.8) is 0 Å². The zero-order chi connectivity index (χ0) is 9.90. The van der Waals surface area contributed by atoms with Gasteiger partial charge in [0, 0.05) is 22.8 Å². The van der Waals surface area contributed by atoms with Gasteiger partial charge >= 0.3 is 0 Å². The Kier molecular flexibility index (Phi) is 5.27. The fourth-order valence-electron chi connectivity index (χ4n) is 0.928. The Morgan fingerprint density at radius 2 is 2.07 bits per heavy atom. The third kappa shape index (κ3) is 5.32. The number of halogens is 2. The minimum Gasteiger partial charge on any atom is -0.383 e. The predicted octanol–water partition coefficient (Wildman–Crippen LogP) is 2.91. The van der Waals surface area contributed by atoms with Crippen LogP contribution in [0.25, 0.3) is 0 Å². The number of benzene rings is 1. The maximum atomic E-state index is 5.83. The molecule has 2 nitrogen and oxygen atoms in total. The molecule has 0 radical (unpaired) electrons. The smallest absolute Gasteiger partial charge is 0.0426 e. The van der Waals surface area contributed by atoms with Crippen LogP contribution in [0, 0.1) is 0 Å². The fourth-order valence-corrected chi connectivity index (χ4v) is 1.12. The van der Waals surface area contributed by atoms with Crippen molar-refractivity contribution in [2.45, 2.75) is 19.4 Å². The average Bonchev–Trinajstić information content (AvgIpc) is 2.00. The summed E-state index contributed by atoms with van der Waals surface area (Å²) in [5.41, 5.74) is 6.63. The normalized spacial score (nSPS) is 10.6. The van der Waals surface area contributed by atoms with Crippen molar-refractivity contribution in [1.82, 2.24) is 0 Å². The van der Waals surface area contributed by atoms with Crippen molar-refractivity contribution in [2.75, 3.05) is 11.9 Å². The lowest BCUT2D eigenvalue weighted by Crippen LogP contribution is -2.39. The Balaban J connectivity index is 0.00000169. The van der Waals surface area contributed by atoms with Crippen molar-refractivity contribution in [3.05, 3.63) is 29.3 Å². The molecule has 0 unspecified atom stereocenters. The van der Waals surface area contributed by atoms with Gasteiger partial charge in [0.2, 0.25) is 0 Å². The monoisotopic (exact) mass is 234 g/mol. The van der Waals surface area contributed by atoms with E-state index in [1.807, 2.05) is 38.1 Å². The van der Waals surface area contributed by atoms with E-state index in [1.54, 1.807) is 0 Å². The van der Waals surface area contributed by atoms with E-state index in [-0.39, 0.29) is 17.9 Å². The van der Waals surface area contributed by atoms with E-state index in [4.69, 9.17) is 17.3 Å². The Hall–Kier alpha value is -0.440. The molecule has 0 atom stereocenters. The molecule has 0 fully saturated rings. The van der Waals surface area contributed by atoms with E-state index in [9.17, 15) is 0 Å². The van der Waals surface area contributed by atoms with Crippen LogP contribution < -0.4 is 11.1 Å². The lowest BCUT2D eigenvalue weighted by atomic mass is 10.1. The number of hydrogen-bond acceptors (Lipinski definition) is 2. The topological polar surface area (TPSA) is 38.0 Å². The van der Waals surface area contributed by atoms with E-state index in [2.05, 4.69) is 5.32 Å². The first-order chi connectivity index (χ1) is 5.97. The number of nitrogens with one attached hydrogen (secondary N) is 1. The third-order valence-corrected chi connectivity index (χ3v) is 1.81. The van der Waals surface area contributed by atoms with E-state index in [1.165, 1.54) is 0 Å². The van der Waals surface area contributed by atoms with E-state index >= 15 is 0 Å². The molecule has 0 aromatic heterocycles. The molecule has 0 aliphatic rings. The fraction of sp³-hybridized carbons (Fsp3) is 0.400. The molecule has 4 heteroatoms. The van der Waals surface area contributed by atoms with Crippen molar-refractivity contribution < 1.29 is 0 Å². The quantitative estimate of drug-likeness (QED) is 0.845. The second-order valence-corrected chi connectivity index (χ2v) is 4.29. The van der Waals surface area contributed by atoms with Gasteiger partial charge in [-0.05, 0) is 32.0 Å². The summed E-state index contributed by atoms with van der Waals surface area (Å²) in [6.07, 6.45) is 0. The first-order valence-corrected chi connectivity index (χ1v) is 4.63. The lowest BCUT2D eigenvalue weighted by molar-refractivity contribution is 0.549. The molecule has 1 aromatic carbocycles. The highest BCUT2D eigenvalue weighted by Gasteiger charge is 2.09. The van der Waals surface area contributed by atoms with E-state index in [0.717, 1.165) is 17.3 Å². The predicted molar refractivity (Wildman–Crippen MR) is 65.5 cm³/mol. The molecule has 14 heavy (non-hydrogen) atoms. The van der Waals surface area contributed by atoms with Crippen LogP contribution >= 0.6 is 24.0 Å². The van der Waals surface area contributed by atoms with Gasteiger partial charge < -0.3 is 11.1 Å². The summed E-state index contributed by atoms with van der Waals surface area (Å²) in [5, 5.41) is 3.95. The molecule has 1 rings (SSSR count). The Morgan fingerprint density at radius 3 is 2.57 bits per heavy atom. The first-order valence-electron chi connectivity index (χ1n) is 4.26. The van der Waals surface area contributed by atoms with Gasteiger partial charge in [-0.25, -0.2) is 0 Å². The lowest BCUT2D eigenvalue weighted by Gasteiger charge is -2.19. The van der Waals surface area contributed by atoms with Crippen LogP contribution in [0.4, 0.5) is 5.69 Å². The molecule has 0 saturated heterocycles. The van der Waals surface area contributed by atoms with Crippen LogP contribution in [-0.2, 0) is 0 Å². The highest BCUT2D eigenvalue weighted by atomic mass is 35.5. The van der Waals surface area contributed by atoms with Gasteiger partial charge in [-0.3, -0.25) is 0 Å². The van der Waals surface area contributed by atoms with E-state index in [0.29, 0.717) is 0 Å². The molecule has 0 aliphatic carbocycles. The summed E-state index contributed by atoms with van der Waals surface area (Å²) in [4.78, 5) is 0. The Bertz CT molecular complexity index is 282. The van der Waals surface area contributed by atoms with Gasteiger partial charge in [-0.1, -0.05) is 17.7 Å². The molecule has 3 N–H and O–H groups in total. The first kappa shape index (κ1) is 13.6. The summed E-state index contributed by atoms with van der Waals surface area (Å²) in [7, 11) is 0. The van der Waals surface area contributed by atoms with Crippen LogP contribution in [-0.4, -0.2) is 12.1 Å². The molecule has 0 heterocycles. The molecule has 0 spiro atoms. The number of anilines is 1. The molecule has 0 bridgehead atoms. The summed E-state index contributed by atoms with van der Waals surface area (Å²) in [6.45, 7) is 4.68. The summed E-state index contributed by atoms with van der Waals surface area (Å²) in [6, 6.07) is 7.61. The van der Waals surface area contributed by atoms with Gasteiger partial charge in [0.15, 0.2) is 0 Å². The third-order valence-electron chi connectivity index (χ3n) is 1.57. The maximum absolute atomic E-state index is 5.83. The largest absolute Gasteiger partial charge is 0.383 e. The standard InChI is InChI=1S/C10H15ClN2.ClH/c1-10(2,12)7-13-9-5-3-4-8(11)6-9;/h3-6,13H,7,12H2,1-2H3;1H. The van der Waals surface area contributed by atoms with Crippen molar-refractivity contribution in [2.24, 2.45) is 5.73 Å². The van der Waals surface area contributed by atoms with Crippen LogP contribution in [0.1, 0.15) is 13.8 Å². The zero-order valence-electron chi connectivity index (χ0n) is 8.38. The maximum Gasteiger partial charge on any atom is 0.0426 e. The van der Waals surface area contributed by atoms with Crippen molar-refractivity contribution in [1.29, 1.82) is 0 Å².